The number of rotatable bonds is 4. The Hall–Kier alpha value is -2.22. The van der Waals surface area contributed by atoms with E-state index in [0.717, 1.165) is 24.3 Å². The van der Waals surface area contributed by atoms with Gasteiger partial charge in [0.2, 0.25) is 0 Å². The zero-order valence-corrected chi connectivity index (χ0v) is 16.8. The summed E-state index contributed by atoms with van der Waals surface area (Å²) in [5.41, 5.74) is 1.71. The Bertz CT molecular complexity index is 978. The van der Waals surface area contributed by atoms with Crippen LogP contribution in [0.1, 0.15) is 22.3 Å². The SMILES string of the molecule is Cc1cc(O)c(S(=O)(=O)[O-])cc1Cc1cc(S(=O)(=O)O)c(O)cc1C.[NH4+].[NH4+]. The summed E-state index contributed by atoms with van der Waals surface area (Å²) >= 11 is 0. The number of aromatic hydroxyl groups is 2. The van der Waals surface area contributed by atoms with Crippen LogP contribution in [-0.2, 0) is 26.7 Å². The summed E-state index contributed by atoms with van der Waals surface area (Å²) in [6, 6.07) is 4.36. The molecule has 0 fully saturated rings. The van der Waals surface area contributed by atoms with E-state index in [1.54, 1.807) is 13.8 Å². The van der Waals surface area contributed by atoms with E-state index in [-0.39, 0.29) is 18.7 Å². The van der Waals surface area contributed by atoms with Gasteiger partial charge in [-0.2, -0.15) is 8.42 Å². The van der Waals surface area contributed by atoms with Crippen molar-refractivity contribution in [2.24, 2.45) is 0 Å². The first-order chi connectivity index (χ1) is 11.3. The molecule has 0 unspecified atom stereocenters. The van der Waals surface area contributed by atoms with Crippen LogP contribution in [0.2, 0.25) is 0 Å². The maximum absolute atomic E-state index is 11.3. The molecule has 12 heteroatoms. The number of phenols is 2. The zero-order valence-electron chi connectivity index (χ0n) is 15.2. The fourth-order valence-corrected chi connectivity index (χ4v) is 3.64. The molecular weight excluding hydrogens is 400 g/mol. The Labute approximate surface area is 157 Å². The maximum atomic E-state index is 11.3. The summed E-state index contributed by atoms with van der Waals surface area (Å²) in [6.07, 6.45) is 0.0171. The molecule has 0 heterocycles. The van der Waals surface area contributed by atoms with Gasteiger partial charge in [0.1, 0.15) is 26.5 Å². The minimum absolute atomic E-state index is 0. The second kappa shape index (κ2) is 8.21. The van der Waals surface area contributed by atoms with Crippen molar-refractivity contribution < 1.29 is 36.2 Å². The Morgan fingerprint density at radius 2 is 1.19 bits per heavy atom. The predicted molar refractivity (Wildman–Crippen MR) is 98.2 cm³/mol. The van der Waals surface area contributed by atoms with E-state index in [1.165, 1.54) is 0 Å². The largest absolute Gasteiger partial charge is 0.744 e. The Balaban J connectivity index is 0.00000338. The first-order valence-corrected chi connectivity index (χ1v) is 9.74. The molecule has 0 bridgehead atoms. The fraction of sp³-hybridized carbons (Fsp3) is 0.200. The average Bonchev–Trinajstić information content (AvgIpc) is 2.41. The van der Waals surface area contributed by atoms with Crippen LogP contribution in [0.15, 0.2) is 34.1 Å². The van der Waals surface area contributed by atoms with Gasteiger partial charge in [0.25, 0.3) is 10.1 Å². The Morgan fingerprint density at radius 1 is 0.815 bits per heavy atom. The molecule has 2 aromatic rings. The summed E-state index contributed by atoms with van der Waals surface area (Å²) in [4.78, 5) is -1.46. The van der Waals surface area contributed by atoms with Crippen LogP contribution in [0.3, 0.4) is 0 Å². The van der Waals surface area contributed by atoms with Gasteiger partial charge in [0, 0.05) is 0 Å². The number of benzene rings is 2. The van der Waals surface area contributed by atoms with Crippen LogP contribution >= 0.6 is 0 Å². The molecule has 0 radical (unpaired) electrons. The minimum atomic E-state index is -4.89. The van der Waals surface area contributed by atoms with E-state index >= 15 is 0 Å². The van der Waals surface area contributed by atoms with Gasteiger partial charge in [-0.3, -0.25) is 4.55 Å². The van der Waals surface area contributed by atoms with Crippen molar-refractivity contribution in [3.8, 4) is 11.5 Å². The van der Waals surface area contributed by atoms with Gasteiger partial charge in [-0.1, -0.05) is 0 Å². The van der Waals surface area contributed by atoms with Crippen LogP contribution in [-0.4, -0.2) is 36.2 Å². The van der Waals surface area contributed by atoms with Crippen molar-refractivity contribution in [3.63, 3.8) is 0 Å². The Kier molecular flexibility index (Phi) is 7.53. The lowest BCUT2D eigenvalue weighted by Gasteiger charge is -2.15. The van der Waals surface area contributed by atoms with Crippen molar-refractivity contribution in [1.82, 2.24) is 12.3 Å². The first-order valence-electron chi connectivity index (χ1n) is 6.89. The van der Waals surface area contributed by atoms with Crippen molar-refractivity contribution in [3.05, 3.63) is 46.5 Å². The van der Waals surface area contributed by atoms with Gasteiger partial charge in [-0.05, 0) is 66.8 Å². The molecule has 27 heavy (non-hydrogen) atoms. The average molecular weight is 423 g/mol. The lowest BCUT2D eigenvalue weighted by Crippen LogP contribution is -2.04. The number of hydrogen-bond acceptors (Lipinski definition) is 7. The van der Waals surface area contributed by atoms with E-state index in [1.807, 2.05) is 0 Å². The molecule has 0 aliphatic heterocycles. The normalized spacial score (nSPS) is 11.4. The molecule has 0 atom stereocenters. The third kappa shape index (κ3) is 5.38. The molecule has 2 rings (SSSR count). The molecule has 152 valence electrons. The number of phenolic OH excluding ortho intramolecular Hbond substituents is 2. The molecule has 0 aromatic heterocycles. The molecule has 2 aromatic carbocycles. The van der Waals surface area contributed by atoms with E-state index in [0.29, 0.717) is 22.3 Å². The second-order valence-corrected chi connectivity index (χ2v) is 8.34. The standard InChI is InChI=1S/C15H16O8S2.2H3N/c1-8-3-12(16)14(24(18,19)20)6-10(8)5-11-7-15(25(21,22)23)13(17)4-9(11)2;;/h3-4,6-7,16-17H,5H2,1-2H3,(H,18,19,20)(H,21,22,23);2*1H3/p+1. The summed E-state index contributed by atoms with van der Waals surface area (Å²) in [6.45, 7) is 3.17. The molecular formula is C15H23N2O8S2+. The fourth-order valence-electron chi connectivity index (χ4n) is 2.42. The Morgan fingerprint density at radius 3 is 1.56 bits per heavy atom. The zero-order chi connectivity index (χ0) is 19.2. The van der Waals surface area contributed by atoms with Gasteiger partial charge in [0.15, 0.2) is 0 Å². The van der Waals surface area contributed by atoms with E-state index in [4.69, 9.17) is 4.55 Å². The summed E-state index contributed by atoms with van der Waals surface area (Å²) < 4.78 is 65.4. The highest BCUT2D eigenvalue weighted by atomic mass is 32.2. The summed E-state index contributed by atoms with van der Waals surface area (Å²) in [7, 11) is -9.54. The lowest BCUT2D eigenvalue weighted by molar-refractivity contribution is 0.434. The van der Waals surface area contributed by atoms with Crippen LogP contribution in [0.5, 0.6) is 11.5 Å². The topological polar surface area (TPSA) is 225 Å². The van der Waals surface area contributed by atoms with Crippen LogP contribution in [0.25, 0.3) is 0 Å². The highest BCUT2D eigenvalue weighted by molar-refractivity contribution is 7.86. The molecule has 0 amide bonds. The first kappa shape index (κ1) is 24.8. The van der Waals surface area contributed by atoms with Crippen molar-refractivity contribution in [2.45, 2.75) is 30.1 Å². The van der Waals surface area contributed by atoms with E-state index in [2.05, 4.69) is 0 Å². The summed E-state index contributed by atoms with van der Waals surface area (Å²) in [5.74, 6) is -1.29. The van der Waals surface area contributed by atoms with Gasteiger partial charge in [0.05, 0.1) is 4.90 Å². The third-order valence-electron chi connectivity index (χ3n) is 3.76. The molecule has 10 nitrogen and oxygen atoms in total. The van der Waals surface area contributed by atoms with Crippen LogP contribution in [0.4, 0.5) is 0 Å². The van der Waals surface area contributed by atoms with Crippen LogP contribution < -0.4 is 12.3 Å². The second-order valence-electron chi connectivity index (χ2n) is 5.60. The number of quaternary nitrogens is 2. The highest BCUT2D eigenvalue weighted by Gasteiger charge is 2.19. The van der Waals surface area contributed by atoms with Crippen molar-refractivity contribution in [1.29, 1.82) is 0 Å². The maximum Gasteiger partial charge on any atom is 0.298 e. The predicted octanol–water partition coefficient (Wildman–Crippen LogP) is 2.21. The van der Waals surface area contributed by atoms with Gasteiger partial charge >= 0.3 is 0 Å². The molecule has 0 saturated carbocycles. The molecule has 0 saturated heterocycles. The molecule has 0 spiro atoms. The quantitative estimate of drug-likeness (QED) is 0.457. The van der Waals surface area contributed by atoms with E-state index in [9.17, 15) is 31.6 Å². The van der Waals surface area contributed by atoms with Gasteiger partial charge < -0.3 is 27.1 Å². The molecule has 11 N–H and O–H groups in total. The minimum Gasteiger partial charge on any atom is -0.744 e. The monoisotopic (exact) mass is 423 g/mol. The molecule has 0 aliphatic rings. The van der Waals surface area contributed by atoms with Gasteiger partial charge in [-0.15, -0.1) is 0 Å². The van der Waals surface area contributed by atoms with Crippen LogP contribution in [0, 0.1) is 13.8 Å². The highest BCUT2D eigenvalue weighted by Crippen LogP contribution is 2.31. The summed E-state index contributed by atoms with van der Waals surface area (Å²) in [5, 5.41) is 19.3. The smallest absolute Gasteiger partial charge is 0.298 e. The third-order valence-corrected chi connectivity index (χ3v) is 5.51. The van der Waals surface area contributed by atoms with E-state index < -0.39 is 41.5 Å². The van der Waals surface area contributed by atoms with Gasteiger partial charge in [-0.25, -0.2) is 8.42 Å². The lowest BCUT2D eigenvalue weighted by atomic mass is 9.97. The van der Waals surface area contributed by atoms with Crippen molar-refractivity contribution >= 4 is 20.2 Å². The number of aryl methyl sites for hydroxylation is 2. The molecule has 0 aliphatic carbocycles. The van der Waals surface area contributed by atoms with Crippen molar-refractivity contribution in [2.75, 3.05) is 0 Å². The number of hydrogen-bond donors (Lipinski definition) is 5.